The van der Waals surface area contributed by atoms with Crippen molar-refractivity contribution in [3.63, 3.8) is 0 Å². The molecule has 190 valence electrons. The Balaban J connectivity index is 0.000000526. The lowest BCUT2D eigenvalue weighted by molar-refractivity contribution is -0.115. The summed E-state index contributed by atoms with van der Waals surface area (Å²) in [4.78, 5) is 37.3. The maximum absolute atomic E-state index is 14.1. The fraction of sp³-hybridized carbons (Fsp3) is 0.292. The lowest BCUT2D eigenvalue weighted by Gasteiger charge is -2.22. The van der Waals surface area contributed by atoms with Crippen LogP contribution in [-0.2, 0) is 9.53 Å². The summed E-state index contributed by atoms with van der Waals surface area (Å²) in [6, 6.07) is 7.26. The monoisotopic (exact) mass is 496 g/mol. The van der Waals surface area contributed by atoms with Crippen molar-refractivity contribution in [2.24, 2.45) is 5.73 Å². The third-order valence-electron chi connectivity index (χ3n) is 5.42. The van der Waals surface area contributed by atoms with Gasteiger partial charge in [-0.1, -0.05) is 0 Å². The first-order valence-corrected chi connectivity index (χ1v) is 11.2. The molecule has 4 rings (SSSR count). The van der Waals surface area contributed by atoms with Gasteiger partial charge in [-0.2, -0.15) is 0 Å². The first-order chi connectivity index (χ1) is 17.4. The molecule has 1 aliphatic rings. The Bertz CT molecular complexity index is 1290. The van der Waals surface area contributed by atoms with Crippen molar-refractivity contribution in [1.82, 2.24) is 24.8 Å². The van der Waals surface area contributed by atoms with Crippen LogP contribution in [-0.4, -0.2) is 52.7 Å². The third kappa shape index (κ3) is 6.21. The van der Waals surface area contributed by atoms with Crippen LogP contribution in [0.3, 0.4) is 0 Å². The van der Waals surface area contributed by atoms with Crippen LogP contribution in [0.1, 0.15) is 25.1 Å². The predicted octanol–water partition coefficient (Wildman–Crippen LogP) is 2.18. The standard InChI is InChI=1S/C19H19FN8O2.C5H10O/c1-22-14-9-15(27-16(26-14)11(10-21)18(29)23-2)25-13-6-4-8-28(19(13)30)17-12(20)5-3-7-24-17;1-6-5-3-2-4-5/h3-10H,21H2,1-2H3,(H,23,29)(H2,22,25,26,27);5H,2-4H2,1H3/b11-10+;. The quantitative estimate of drug-likeness (QED) is 0.361. The van der Waals surface area contributed by atoms with E-state index in [1.54, 1.807) is 26.3 Å². The lowest BCUT2D eigenvalue weighted by atomic mass is 9.96. The van der Waals surface area contributed by atoms with E-state index >= 15 is 0 Å². The van der Waals surface area contributed by atoms with Crippen LogP contribution in [0.2, 0.25) is 0 Å². The third-order valence-corrected chi connectivity index (χ3v) is 5.42. The molecule has 12 heteroatoms. The number of ether oxygens (including phenoxy) is 1. The summed E-state index contributed by atoms with van der Waals surface area (Å²) >= 11 is 0. The smallest absolute Gasteiger partial charge is 0.280 e. The fourth-order valence-electron chi connectivity index (χ4n) is 3.20. The molecule has 1 aliphatic carbocycles. The van der Waals surface area contributed by atoms with Gasteiger partial charge in [0, 0.05) is 45.9 Å². The SMILES string of the molecule is CNC(=O)/C(=C/N)c1nc(NC)cc(Nc2cccn(-c3ncccc3F)c2=O)n1.COC1CCC1. The molecular weight excluding hydrogens is 467 g/mol. The molecule has 0 unspecified atom stereocenters. The number of carbonyl (C=O) groups is 1. The van der Waals surface area contributed by atoms with Gasteiger partial charge in [0.15, 0.2) is 17.5 Å². The summed E-state index contributed by atoms with van der Waals surface area (Å²) in [6.45, 7) is 0. The molecule has 1 amide bonds. The van der Waals surface area contributed by atoms with E-state index in [2.05, 4.69) is 30.9 Å². The molecule has 0 spiro atoms. The summed E-state index contributed by atoms with van der Waals surface area (Å²) in [7, 11) is 4.88. The number of amides is 1. The van der Waals surface area contributed by atoms with Crippen molar-refractivity contribution in [1.29, 1.82) is 0 Å². The molecule has 0 saturated heterocycles. The molecule has 5 N–H and O–H groups in total. The molecule has 3 aromatic heterocycles. The maximum Gasteiger partial charge on any atom is 0.280 e. The Labute approximate surface area is 207 Å². The Morgan fingerprint density at radius 1 is 1.22 bits per heavy atom. The molecule has 11 nitrogen and oxygen atoms in total. The minimum absolute atomic E-state index is 0.0539. The van der Waals surface area contributed by atoms with Crippen molar-refractivity contribution >= 4 is 28.8 Å². The number of nitrogens with one attached hydrogen (secondary N) is 3. The van der Waals surface area contributed by atoms with Gasteiger partial charge in [-0.15, -0.1) is 0 Å². The number of aromatic nitrogens is 4. The average molecular weight is 497 g/mol. The Kier molecular flexibility index (Phi) is 9.06. The van der Waals surface area contributed by atoms with Crippen LogP contribution in [0.4, 0.5) is 21.7 Å². The second-order valence-corrected chi connectivity index (χ2v) is 7.69. The van der Waals surface area contributed by atoms with Crippen LogP contribution >= 0.6 is 0 Å². The number of anilines is 3. The van der Waals surface area contributed by atoms with Crippen LogP contribution < -0.4 is 27.2 Å². The largest absolute Gasteiger partial charge is 0.404 e. The zero-order chi connectivity index (χ0) is 26.1. The van der Waals surface area contributed by atoms with Gasteiger partial charge in [0.05, 0.1) is 11.7 Å². The van der Waals surface area contributed by atoms with E-state index in [0.29, 0.717) is 11.9 Å². The van der Waals surface area contributed by atoms with Crippen LogP contribution in [0.5, 0.6) is 0 Å². The van der Waals surface area contributed by atoms with E-state index in [-0.39, 0.29) is 28.7 Å². The highest BCUT2D eigenvalue weighted by atomic mass is 19.1. The molecule has 3 heterocycles. The summed E-state index contributed by atoms with van der Waals surface area (Å²) < 4.78 is 20.1. The highest BCUT2D eigenvalue weighted by Gasteiger charge is 2.17. The second kappa shape index (κ2) is 12.4. The van der Waals surface area contributed by atoms with Gasteiger partial charge >= 0.3 is 0 Å². The van der Waals surface area contributed by atoms with E-state index in [4.69, 9.17) is 10.5 Å². The number of hydrogen-bond donors (Lipinski definition) is 4. The molecule has 1 fully saturated rings. The molecule has 0 aromatic carbocycles. The van der Waals surface area contributed by atoms with E-state index in [1.165, 1.54) is 56.9 Å². The van der Waals surface area contributed by atoms with Crippen molar-refractivity contribution in [3.05, 3.63) is 70.9 Å². The van der Waals surface area contributed by atoms with Gasteiger partial charge in [0.25, 0.3) is 11.5 Å². The average Bonchev–Trinajstić information content (AvgIpc) is 2.86. The molecule has 0 bridgehead atoms. The Morgan fingerprint density at radius 2 is 1.97 bits per heavy atom. The predicted molar refractivity (Wildman–Crippen MR) is 136 cm³/mol. The molecule has 36 heavy (non-hydrogen) atoms. The zero-order valence-corrected chi connectivity index (χ0v) is 20.3. The Hall–Kier alpha value is -4.32. The first-order valence-electron chi connectivity index (χ1n) is 11.2. The van der Waals surface area contributed by atoms with E-state index in [9.17, 15) is 14.0 Å². The number of pyridine rings is 2. The van der Waals surface area contributed by atoms with Crippen LogP contribution in [0, 0.1) is 5.82 Å². The highest BCUT2D eigenvalue weighted by molar-refractivity contribution is 6.18. The molecule has 0 radical (unpaired) electrons. The topological polar surface area (TPSA) is 149 Å². The van der Waals surface area contributed by atoms with E-state index in [1.807, 2.05) is 0 Å². The number of halogens is 1. The van der Waals surface area contributed by atoms with Gasteiger partial charge in [0.2, 0.25) is 0 Å². The number of carbonyl (C=O) groups excluding carboxylic acids is 1. The molecule has 0 atom stereocenters. The maximum atomic E-state index is 14.1. The van der Waals surface area contributed by atoms with Crippen molar-refractivity contribution < 1.29 is 13.9 Å². The molecular formula is C24H29FN8O3. The zero-order valence-electron chi connectivity index (χ0n) is 20.3. The van der Waals surface area contributed by atoms with Crippen LogP contribution in [0.15, 0.2) is 53.7 Å². The first kappa shape index (κ1) is 26.3. The fourth-order valence-corrected chi connectivity index (χ4v) is 3.20. The summed E-state index contributed by atoms with van der Waals surface area (Å²) in [5.74, 6) is -0.565. The number of nitrogens with zero attached hydrogens (tertiary/aromatic N) is 4. The minimum Gasteiger partial charge on any atom is -0.404 e. The van der Waals surface area contributed by atoms with Crippen molar-refractivity contribution in [2.75, 3.05) is 31.8 Å². The second-order valence-electron chi connectivity index (χ2n) is 7.69. The number of methoxy groups -OCH3 is 1. The van der Waals surface area contributed by atoms with E-state index < -0.39 is 17.3 Å². The summed E-state index contributed by atoms with van der Waals surface area (Å²) in [5.41, 5.74) is 5.19. The number of nitrogens with two attached hydrogens (primary N) is 1. The number of likely N-dealkylation sites (N-methyl/N-ethyl adjacent to an activating group) is 1. The molecule has 1 saturated carbocycles. The van der Waals surface area contributed by atoms with Gasteiger partial charge in [-0.3, -0.25) is 14.2 Å². The summed E-state index contributed by atoms with van der Waals surface area (Å²) in [5, 5.41) is 8.19. The van der Waals surface area contributed by atoms with Gasteiger partial charge in [-0.25, -0.2) is 19.3 Å². The Morgan fingerprint density at radius 3 is 2.53 bits per heavy atom. The number of rotatable bonds is 7. The van der Waals surface area contributed by atoms with Crippen molar-refractivity contribution in [3.8, 4) is 5.82 Å². The lowest BCUT2D eigenvalue weighted by Crippen LogP contribution is -2.23. The van der Waals surface area contributed by atoms with Gasteiger partial charge in [-0.05, 0) is 43.5 Å². The van der Waals surface area contributed by atoms with Crippen LogP contribution in [0.25, 0.3) is 11.4 Å². The van der Waals surface area contributed by atoms with E-state index in [0.717, 1.165) is 10.8 Å². The molecule has 3 aromatic rings. The normalized spacial score (nSPS) is 13.2. The van der Waals surface area contributed by atoms with Crippen molar-refractivity contribution in [2.45, 2.75) is 25.4 Å². The van der Waals surface area contributed by atoms with Gasteiger partial charge in [0.1, 0.15) is 17.3 Å². The number of hydrogen-bond acceptors (Lipinski definition) is 9. The van der Waals surface area contributed by atoms with Gasteiger partial charge < -0.3 is 26.4 Å². The highest BCUT2D eigenvalue weighted by Crippen LogP contribution is 2.21. The molecule has 0 aliphatic heterocycles. The minimum atomic E-state index is -0.637. The summed E-state index contributed by atoms with van der Waals surface area (Å²) in [6.07, 6.45) is 8.46.